The molecule has 1 heterocycles. The summed E-state index contributed by atoms with van der Waals surface area (Å²) in [7, 11) is 0. The van der Waals surface area contributed by atoms with Crippen LogP contribution in [0, 0.1) is 5.92 Å². The second-order valence-corrected chi connectivity index (χ2v) is 5.14. The summed E-state index contributed by atoms with van der Waals surface area (Å²) in [5, 5.41) is 1.08. The van der Waals surface area contributed by atoms with E-state index in [4.69, 9.17) is 0 Å². The van der Waals surface area contributed by atoms with E-state index in [0.717, 1.165) is 21.3 Å². The van der Waals surface area contributed by atoms with Crippen LogP contribution in [0.2, 0.25) is 0 Å². The number of hydrogen-bond acceptors (Lipinski definition) is 4. The van der Waals surface area contributed by atoms with E-state index in [1.54, 1.807) is 18.1 Å². The minimum absolute atomic E-state index is 0.749. The molecule has 0 aliphatic carbocycles. The quantitative estimate of drug-likeness (QED) is 0.605. The summed E-state index contributed by atoms with van der Waals surface area (Å²) in [4.78, 5) is 4.11. The monoisotopic (exact) mass is 266 g/mol. The Bertz CT molecular complexity index is 199. The van der Waals surface area contributed by atoms with Crippen LogP contribution in [0.3, 0.4) is 0 Å². The molecule has 0 N–H and O–H groups in total. The fourth-order valence-corrected chi connectivity index (χ4v) is 3.35. The highest BCUT2D eigenvalue weighted by molar-refractivity contribution is 9.09. The zero-order valence-electron chi connectivity index (χ0n) is 6.86. The van der Waals surface area contributed by atoms with Crippen LogP contribution in [0.4, 0.5) is 0 Å². The second-order valence-electron chi connectivity index (χ2n) is 2.45. The molecule has 0 aliphatic rings. The van der Waals surface area contributed by atoms with Gasteiger partial charge in [-0.1, -0.05) is 41.0 Å². The molecule has 0 radical (unpaired) electrons. The summed E-state index contributed by atoms with van der Waals surface area (Å²) in [5.41, 5.74) is 0. The Hall–Kier alpha value is 0.390. The van der Waals surface area contributed by atoms with E-state index < -0.39 is 0 Å². The predicted octanol–water partition coefficient (Wildman–Crippen LogP) is 3.05. The highest BCUT2D eigenvalue weighted by Crippen LogP contribution is 2.23. The van der Waals surface area contributed by atoms with Crippen LogP contribution < -0.4 is 0 Å². The molecule has 5 heteroatoms. The molecule has 1 aromatic rings. The molecular formula is C7H11BrN2S2. The first-order chi connectivity index (χ1) is 5.86. The summed E-state index contributed by atoms with van der Waals surface area (Å²) in [6.07, 6.45) is 2.83. The molecule has 0 fully saturated rings. The standard InChI is InChI=1S/C7H11BrN2S2/c1-2-6(3-8)4-11-7-9-5-10-12-7/h5-6H,2-4H2,1H3. The number of alkyl halides is 1. The molecule has 0 aromatic carbocycles. The van der Waals surface area contributed by atoms with Crippen LogP contribution in [-0.2, 0) is 0 Å². The number of thioether (sulfide) groups is 1. The number of halogens is 1. The van der Waals surface area contributed by atoms with Crippen LogP contribution >= 0.6 is 39.2 Å². The average molecular weight is 267 g/mol. The summed E-state index contributed by atoms with van der Waals surface area (Å²) >= 11 is 6.77. The van der Waals surface area contributed by atoms with E-state index in [1.807, 2.05) is 0 Å². The van der Waals surface area contributed by atoms with E-state index in [-0.39, 0.29) is 0 Å². The van der Waals surface area contributed by atoms with Crippen molar-refractivity contribution < 1.29 is 0 Å². The van der Waals surface area contributed by atoms with Crippen LogP contribution in [0.15, 0.2) is 10.7 Å². The van der Waals surface area contributed by atoms with Crippen molar-refractivity contribution >= 4 is 39.2 Å². The molecule has 0 saturated carbocycles. The third kappa shape index (κ3) is 3.41. The molecule has 1 atom stereocenters. The Morgan fingerprint density at radius 1 is 1.75 bits per heavy atom. The molecule has 0 saturated heterocycles. The lowest BCUT2D eigenvalue weighted by Gasteiger charge is -2.07. The molecule has 1 aromatic heterocycles. The second kappa shape index (κ2) is 5.94. The van der Waals surface area contributed by atoms with Crippen molar-refractivity contribution in [1.82, 2.24) is 9.36 Å². The zero-order chi connectivity index (χ0) is 8.81. The molecule has 1 rings (SSSR count). The average Bonchev–Trinajstić information content (AvgIpc) is 2.59. The lowest BCUT2D eigenvalue weighted by Crippen LogP contribution is -2.02. The van der Waals surface area contributed by atoms with Gasteiger partial charge >= 0.3 is 0 Å². The van der Waals surface area contributed by atoms with E-state index in [2.05, 4.69) is 32.2 Å². The van der Waals surface area contributed by atoms with Crippen molar-refractivity contribution in [1.29, 1.82) is 0 Å². The van der Waals surface area contributed by atoms with Gasteiger partial charge in [-0.15, -0.1) is 0 Å². The lowest BCUT2D eigenvalue weighted by molar-refractivity contribution is 0.652. The van der Waals surface area contributed by atoms with Gasteiger partial charge in [0.05, 0.1) is 0 Å². The largest absolute Gasteiger partial charge is 0.216 e. The number of rotatable bonds is 5. The van der Waals surface area contributed by atoms with Gasteiger partial charge in [0.2, 0.25) is 0 Å². The van der Waals surface area contributed by atoms with Crippen molar-refractivity contribution in [2.45, 2.75) is 17.7 Å². The van der Waals surface area contributed by atoms with Gasteiger partial charge in [0.15, 0.2) is 4.34 Å². The summed E-state index contributed by atoms with van der Waals surface area (Å²) < 4.78 is 5.03. The fraction of sp³-hybridized carbons (Fsp3) is 0.714. The fourth-order valence-electron chi connectivity index (χ4n) is 0.687. The molecule has 12 heavy (non-hydrogen) atoms. The summed E-state index contributed by atoms with van der Waals surface area (Å²) in [6, 6.07) is 0. The smallest absolute Gasteiger partial charge is 0.169 e. The maximum absolute atomic E-state index is 4.11. The third-order valence-electron chi connectivity index (χ3n) is 1.58. The first kappa shape index (κ1) is 10.5. The molecule has 68 valence electrons. The van der Waals surface area contributed by atoms with Gasteiger partial charge in [-0.2, -0.15) is 4.37 Å². The molecule has 2 nitrogen and oxygen atoms in total. The van der Waals surface area contributed by atoms with Crippen LogP contribution in [0.5, 0.6) is 0 Å². The number of hydrogen-bond donors (Lipinski definition) is 0. The first-order valence-electron chi connectivity index (χ1n) is 3.82. The van der Waals surface area contributed by atoms with Gasteiger partial charge in [0.25, 0.3) is 0 Å². The van der Waals surface area contributed by atoms with Gasteiger partial charge in [-0.05, 0) is 17.5 Å². The highest BCUT2D eigenvalue weighted by atomic mass is 79.9. The van der Waals surface area contributed by atoms with Crippen molar-refractivity contribution in [3.8, 4) is 0 Å². The van der Waals surface area contributed by atoms with Gasteiger partial charge in [-0.25, -0.2) is 4.98 Å². The van der Waals surface area contributed by atoms with Crippen LogP contribution in [0.25, 0.3) is 0 Å². The molecule has 0 bridgehead atoms. The molecule has 0 aliphatic heterocycles. The summed E-state index contributed by atoms with van der Waals surface area (Å²) in [5.74, 6) is 1.88. The zero-order valence-corrected chi connectivity index (χ0v) is 10.1. The van der Waals surface area contributed by atoms with E-state index in [0.29, 0.717) is 0 Å². The van der Waals surface area contributed by atoms with Crippen molar-refractivity contribution in [3.05, 3.63) is 6.33 Å². The minimum Gasteiger partial charge on any atom is -0.216 e. The Labute approximate surface area is 89.5 Å². The van der Waals surface area contributed by atoms with Gasteiger partial charge < -0.3 is 0 Å². The Morgan fingerprint density at radius 2 is 2.58 bits per heavy atom. The normalized spacial score (nSPS) is 13.2. The van der Waals surface area contributed by atoms with Crippen LogP contribution in [-0.4, -0.2) is 20.4 Å². The topological polar surface area (TPSA) is 25.8 Å². The Balaban J connectivity index is 2.25. The molecule has 0 amide bonds. The van der Waals surface area contributed by atoms with Crippen molar-refractivity contribution in [2.24, 2.45) is 5.92 Å². The molecule has 1 unspecified atom stereocenters. The predicted molar refractivity (Wildman–Crippen MR) is 58.2 cm³/mol. The number of nitrogens with zero attached hydrogens (tertiary/aromatic N) is 2. The summed E-state index contributed by atoms with van der Waals surface area (Å²) in [6.45, 7) is 2.21. The maximum Gasteiger partial charge on any atom is 0.169 e. The molecule has 0 spiro atoms. The van der Waals surface area contributed by atoms with E-state index >= 15 is 0 Å². The SMILES string of the molecule is CCC(CBr)CSc1ncns1. The first-order valence-corrected chi connectivity index (χ1v) is 6.70. The highest BCUT2D eigenvalue weighted by Gasteiger charge is 2.06. The Morgan fingerprint density at radius 3 is 3.08 bits per heavy atom. The van der Waals surface area contributed by atoms with Crippen molar-refractivity contribution in [2.75, 3.05) is 11.1 Å². The van der Waals surface area contributed by atoms with Gasteiger partial charge in [0.1, 0.15) is 6.33 Å². The molecular weight excluding hydrogens is 256 g/mol. The van der Waals surface area contributed by atoms with Crippen molar-refractivity contribution in [3.63, 3.8) is 0 Å². The Kier molecular flexibility index (Phi) is 5.18. The van der Waals surface area contributed by atoms with Crippen LogP contribution in [0.1, 0.15) is 13.3 Å². The van der Waals surface area contributed by atoms with Gasteiger partial charge in [-0.3, -0.25) is 0 Å². The van der Waals surface area contributed by atoms with E-state index in [1.165, 1.54) is 18.0 Å². The van der Waals surface area contributed by atoms with Gasteiger partial charge in [0, 0.05) is 11.1 Å². The maximum atomic E-state index is 4.11. The lowest BCUT2D eigenvalue weighted by atomic mass is 10.2. The third-order valence-corrected chi connectivity index (χ3v) is 4.52. The number of aromatic nitrogens is 2. The minimum atomic E-state index is 0.749. The van der Waals surface area contributed by atoms with E-state index in [9.17, 15) is 0 Å².